The van der Waals surface area contributed by atoms with Crippen LogP contribution >= 0.6 is 34.8 Å². The van der Waals surface area contributed by atoms with Crippen molar-refractivity contribution < 1.29 is 8.42 Å². The quantitative estimate of drug-likeness (QED) is 0.627. The molecule has 0 spiro atoms. The molecular weight excluding hydrogens is 431 g/mol. The van der Waals surface area contributed by atoms with E-state index in [9.17, 15) is 8.42 Å². The van der Waals surface area contributed by atoms with E-state index in [2.05, 4.69) is 14.7 Å². The number of hydrogen-bond acceptors (Lipinski definition) is 5. The van der Waals surface area contributed by atoms with Crippen molar-refractivity contribution in [2.24, 2.45) is 0 Å². The van der Waals surface area contributed by atoms with E-state index in [1.807, 2.05) is 6.92 Å². The summed E-state index contributed by atoms with van der Waals surface area (Å²) in [5.74, 6) is 0.528. The highest BCUT2D eigenvalue weighted by Crippen LogP contribution is 2.39. The third kappa shape index (κ3) is 5.60. The fraction of sp³-hybridized carbons (Fsp3) is 0.412. The standard InChI is InChI=1S/C17H21Cl3N4O2S/c1-4-5-11-13-14(23-27(25,26)12-9-7-6-8-10-12)21-16(17(18,19)20)22-15(13)24(2)3/h6-10H,4-5,11H2,1-3H3,(H,21,22,23). The molecule has 0 aliphatic carbocycles. The minimum Gasteiger partial charge on any atom is -0.362 e. The Kier molecular flexibility index (Phi) is 7.19. The van der Waals surface area contributed by atoms with E-state index in [0.717, 1.165) is 12.8 Å². The lowest BCUT2D eigenvalue weighted by atomic mass is 10.1. The van der Waals surface area contributed by atoms with Gasteiger partial charge in [-0.05, 0) is 25.0 Å². The fourth-order valence-electron chi connectivity index (χ4n) is 2.42. The summed E-state index contributed by atoms with van der Waals surface area (Å²) < 4.78 is 26.2. The molecule has 0 atom stereocenters. The number of hydrogen-bond donors (Lipinski definition) is 1. The van der Waals surface area contributed by atoms with Gasteiger partial charge in [-0.2, -0.15) is 0 Å². The first-order valence-corrected chi connectivity index (χ1v) is 10.9. The molecule has 0 aliphatic rings. The second kappa shape index (κ2) is 8.82. The Morgan fingerprint density at radius 2 is 1.74 bits per heavy atom. The number of nitrogens with one attached hydrogen (secondary N) is 1. The Morgan fingerprint density at radius 3 is 2.26 bits per heavy atom. The Labute approximate surface area is 174 Å². The zero-order chi connectivity index (χ0) is 20.2. The van der Waals surface area contributed by atoms with E-state index >= 15 is 0 Å². The van der Waals surface area contributed by atoms with Crippen LogP contribution in [-0.4, -0.2) is 32.5 Å². The van der Waals surface area contributed by atoms with Crippen molar-refractivity contribution in [3.8, 4) is 0 Å². The normalized spacial score (nSPS) is 12.1. The van der Waals surface area contributed by atoms with Gasteiger partial charge in [-0.1, -0.05) is 66.3 Å². The number of alkyl halides is 3. The van der Waals surface area contributed by atoms with E-state index in [1.54, 1.807) is 37.2 Å². The molecule has 0 amide bonds. The van der Waals surface area contributed by atoms with E-state index in [4.69, 9.17) is 34.8 Å². The molecule has 6 nitrogen and oxygen atoms in total. The lowest BCUT2D eigenvalue weighted by Crippen LogP contribution is -2.22. The Bertz CT molecular complexity index is 885. The maximum absolute atomic E-state index is 12.8. The Hall–Kier alpha value is -1.28. The molecule has 1 N–H and O–H groups in total. The van der Waals surface area contributed by atoms with E-state index in [1.165, 1.54) is 12.1 Å². The molecule has 148 valence electrons. The number of aromatic nitrogens is 2. The van der Waals surface area contributed by atoms with Crippen LogP contribution in [0.25, 0.3) is 0 Å². The molecule has 0 saturated heterocycles. The van der Waals surface area contributed by atoms with Crippen molar-refractivity contribution in [3.05, 3.63) is 41.7 Å². The fourth-order valence-corrected chi connectivity index (χ4v) is 3.73. The number of halogens is 3. The molecule has 1 aromatic carbocycles. The van der Waals surface area contributed by atoms with Crippen molar-refractivity contribution in [1.82, 2.24) is 9.97 Å². The maximum atomic E-state index is 12.8. The molecule has 0 unspecified atom stereocenters. The van der Waals surface area contributed by atoms with E-state index in [0.29, 0.717) is 17.8 Å². The van der Waals surface area contributed by atoms with Crippen LogP contribution in [0, 0.1) is 0 Å². The van der Waals surface area contributed by atoms with E-state index in [-0.39, 0.29) is 16.5 Å². The summed E-state index contributed by atoms with van der Waals surface area (Å²) >= 11 is 17.9. The molecule has 2 aromatic rings. The van der Waals surface area contributed by atoms with Gasteiger partial charge in [0.15, 0.2) is 5.82 Å². The molecule has 0 radical (unpaired) electrons. The summed E-state index contributed by atoms with van der Waals surface area (Å²) in [7, 11) is -0.279. The smallest absolute Gasteiger partial charge is 0.263 e. The zero-order valence-corrected chi connectivity index (χ0v) is 18.3. The number of nitrogens with zero attached hydrogens (tertiary/aromatic N) is 3. The largest absolute Gasteiger partial charge is 0.362 e. The van der Waals surface area contributed by atoms with Crippen molar-refractivity contribution in [1.29, 1.82) is 0 Å². The third-order valence-corrected chi connectivity index (χ3v) is 5.59. The minimum absolute atomic E-state index is 0.0952. The van der Waals surface area contributed by atoms with Gasteiger partial charge in [-0.15, -0.1) is 0 Å². The van der Waals surface area contributed by atoms with Gasteiger partial charge in [0.05, 0.1) is 4.90 Å². The summed E-state index contributed by atoms with van der Waals surface area (Å²) in [4.78, 5) is 10.4. The van der Waals surface area contributed by atoms with Crippen LogP contribution in [-0.2, 0) is 20.2 Å². The van der Waals surface area contributed by atoms with Crippen LogP contribution < -0.4 is 9.62 Å². The number of sulfonamides is 1. The van der Waals surface area contributed by atoms with Gasteiger partial charge in [0.1, 0.15) is 11.6 Å². The molecule has 27 heavy (non-hydrogen) atoms. The second-order valence-electron chi connectivity index (χ2n) is 6.11. The summed E-state index contributed by atoms with van der Waals surface area (Å²) in [6.45, 7) is 2.04. The highest BCUT2D eigenvalue weighted by molar-refractivity contribution is 7.92. The molecule has 0 fully saturated rings. The highest BCUT2D eigenvalue weighted by atomic mass is 35.6. The number of unbranched alkanes of at least 4 members (excludes halogenated alkanes) is 1. The van der Waals surface area contributed by atoms with Crippen molar-refractivity contribution >= 4 is 56.5 Å². The highest BCUT2D eigenvalue weighted by Gasteiger charge is 2.31. The summed E-state index contributed by atoms with van der Waals surface area (Å²) in [6.07, 6.45) is 2.33. The molecule has 10 heteroatoms. The molecule has 0 saturated carbocycles. The predicted molar refractivity (Wildman–Crippen MR) is 111 cm³/mol. The topological polar surface area (TPSA) is 75.2 Å². The number of benzene rings is 1. The first-order valence-electron chi connectivity index (χ1n) is 8.29. The maximum Gasteiger partial charge on any atom is 0.263 e. The molecule has 0 bridgehead atoms. The summed E-state index contributed by atoms with van der Waals surface area (Å²) in [6, 6.07) is 8.02. The number of rotatable bonds is 7. The monoisotopic (exact) mass is 450 g/mol. The predicted octanol–water partition coefficient (Wildman–Crippen LogP) is 4.51. The Morgan fingerprint density at radius 1 is 1.11 bits per heavy atom. The average molecular weight is 452 g/mol. The number of anilines is 2. The van der Waals surface area contributed by atoms with Crippen LogP contribution in [0.3, 0.4) is 0 Å². The molecule has 1 heterocycles. The van der Waals surface area contributed by atoms with Crippen molar-refractivity contribution in [2.45, 2.75) is 34.9 Å². The van der Waals surface area contributed by atoms with Gasteiger partial charge < -0.3 is 4.90 Å². The van der Waals surface area contributed by atoms with Gasteiger partial charge >= 0.3 is 0 Å². The molecule has 1 aromatic heterocycles. The van der Waals surface area contributed by atoms with Gasteiger partial charge in [-0.3, -0.25) is 4.72 Å². The van der Waals surface area contributed by atoms with Crippen LogP contribution in [0.15, 0.2) is 35.2 Å². The van der Waals surface area contributed by atoms with Gasteiger partial charge in [-0.25, -0.2) is 18.4 Å². The van der Waals surface area contributed by atoms with Crippen LogP contribution in [0.4, 0.5) is 11.6 Å². The minimum atomic E-state index is -3.85. The molecular formula is C17H21Cl3N4O2S. The third-order valence-electron chi connectivity index (χ3n) is 3.73. The van der Waals surface area contributed by atoms with Gasteiger partial charge in [0.25, 0.3) is 10.0 Å². The van der Waals surface area contributed by atoms with Gasteiger partial charge in [0.2, 0.25) is 3.79 Å². The molecule has 2 rings (SSSR count). The SMILES string of the molecule is CCCCc1c(NS(=O)(=O)c2ccccc2)nc(C(Cl)(Cl)Cl)nc1N(C)C. The summed E-state index contributed by atoms with van der Waals surface area (Å²) in [5.41, 5.74) is 0.652. The zero-order valence-electron chi connectivity index (χ0n) is 15.2. The van der Waals surface area contributed by atoms with Crippen LogP contribution in [0.1, 0.15) is 31.2 Å². The first kappa shape index (κ1) is 22.0. The van der Waals surface area contributed by atoms with E-state index < -0.39 is 13.8 Å². The van der Waals surface area contributed by atoms with Crippen molar-refractivity contribution in [2.75, 3.05) is 23.7 Å². The summed E-state index contributed by atoms with van der Waals surface area (Å²) in [5, 5.41) is 0. The van der Waals surface area contributed by atoms with Gasteiger partial charge in [0, 0.05) is 19.7 Å². The molecule has 0 aliphatic heterocycles. The lowest BCUT2D eigenvalue weighted by Gasteiger charge is -2.22. The lowest BCUT2D eigenvalue weighted by molar-refractivity contribution is 0.601. The first-order chi connectivity index (χ1) is 12.6. The second-order valence-corrected chi connectivity index (χ2v) is 10.1. The Balaban J connectivity index is 2.62. The average Bonchev–Trinajstić information content (AvgIpc) is 2.59. The van der Waals surface area contributed by atoms with Crippen molar-refractivity contribution in [3.63, 3.8) is 0 Å². The van der Waals surface area contributed by atoms with Crippen LogP contribution in [0.5, 0.6) is 0 Å². The van der Waals surface area contributed by atoms with Crippen LogP contribution in [0.2, 0.25) is 0 Å².